The van der Waals surface area contributed by atoms with E-state index in [9.17, 15) is 0 Å². The van der Waals surface area contributed by atoms with E-state index in [1.807, 2.05) is 24.3 Å². The zero-order chi connectivity index (χ0) is 19.2. The molecule has 4 heterocycles. The number of morpholine rings is 1. The molecule has 0 radical (unpaired) electrons. The molecule has 2 fully saturated rings. The molecule has 2 aromatic rings. The third-order valence-corrected chi connectivity index (χ3v) is 4.97. The number of anilines is 2. The van der Waals surface area contributed by atoms with Crippen LogP contribution in [0.2, 0.25) is 0 Å². The molecule has 0 bridgehead atoms. The summed E-state index contributed by atoms with van der Waals surface area (Å²) >= 11 is 0. The lowest BCUT2D eigenvalue weighted by Gasteiger charge is -2.35. The number of ether oxygens (including phenoxy) is 1. The van der Waals surface area contributed by atoms with Crippen LogP contribution in [-0.2, 0) is 11.3 Å². The van der Waals surface area contributed by atoms with E-state index in [4.69, 9.17) is 15.5 Å². The van der Waals surface area contributed by atoms with Gasteiger partial charge in [-0.05, 0) is 18.2 Å². The van der Waals surface area contributed by atoms with Gasteiger partial charge in [0.25, 0.3) is 0 Å². The van der Waals surface area contributed by atoms with Gasteiger partial charge in [-0.3, -0.25) is 0 Å². The number of hydrogen-bond acceptors (Lipinski definition) is 7. The fraction of sp³-hybridized carbons (Fsp3) is 0.474. The number of halogens is 1. The van der Waals surface area contributed by atoms with Crippen LogP contribution in [0.1, 0.15) is 5.69 Å². The largest absolute Gasteiger partial charge is 0.378 e. The molecule has 29 heavy (non-hydrogen) atoms. The fourth-order valence-corrected chi connectivity index (χ4v) is 3.38. The highest BCUT2D eigenvalue weighted by molar-refractivity contribution is 14.0. The number of aromatic nitrogens is 3. The van der Waals surface area contributed by atoms with E-state index < -0.39 is 0 Å². The standard InChI is InChI=1S/C19H26N8O.HI/c20-18(26-7-9-27(10-8-26)19-21-5-2-6-22-19)23-15-16-3-1-4-17(24-16)25-11-13-28-14-12-25;/h1-6H,7-15H2,(H2,20,23);1H. The van der Waals surface area contributed by atoms with Gasteiger partial charge in [-0.2, -0.15) is 0 Å². The van der Waals surface area contributed by atoms with Crippen molar-refractivity contribution in [1.82, 2.24) is 19.9 Å². The van der Waals surface area contributed by atoms with Crippen molar-refractivity contribution in [1.29, 1.82) is 0 Å². The zero-order valence-electron chi connectivity index (χ0n) is 16.4. The summed E-state index contributed by atoms with van der Waals surface area (Å²) in [5.74, 6) is 2.31. The summed E-state index contributed by atoms with van der Waals surface area (Å²) in [6, 6.07) is 7.88. The van der Waals surface area contributed by atoms with Crippen molar-refractivity contribution in [3.63, 3.8) is 0 Å². The second-order valence-electron chi connectivity index (χ2n) is 6.78. The van der Waals surface area contributed by atoms with Gasteiger partial charge in [0.2, 0.25) is 5.95 Å². The Labute approximate surface area is 188 Å². The van der Waals surface area contributed by atoms with Crippen LogP contribution in [-0.4, -0.2) is 78.3 Å². The van der Waals surface area contributed by atoms with Crippen LogP contribution in [0, 0.1) is 0 Å². The third kappa shape index (κ3) is 5.66. The topological polar surface area (TPSA) is 96.0 Å². The number of pyridine rings is 1. The van der Waals surface area contributed by atoms with E-state index >= 15 is 0 Å². The second kappa shape index (κ2) is 10.5. The Hall–Kier alpha value is -2.21. The smallest absolute Gasteiger partial charge is 0.225 e. The Morgan fingerprint density at radius 3 is 2.41 bits per heavy atom. The monoisotopic (exact) mass is 510 g/mol. The van der Waals surface area contributed by atoms with Crippen molar-refractivity contribution in [3.8, 4) is 0 Å². The number of nitrogens with zero attached hydrogens (tertiary/aromatic N) is 7. The van der Waals surface area contributed by atoms with Gasteiger partial charge >= 0.3 is 0 Å². The van der Waals surface area contributed by atoms with E-state index in [0.29, 0.717) is 12.5 Å². The van der Waals surface area contributed by atoms with E-state index in [1.54, 1.807) is 12.4 Å². The lowest BCUT2D eigenvalue weighted by Crippen LogP contribution is -2.51. The molecule has 2 aromatic heterocycles. The molecular weight excluding hydrogens is 483 g/mol. The van der Waals surface area contributed by atoms with Crippen molar-refractivity contribution in [2.75, 3.05) is 62.3 Å². The van der Waals surface area contributed by atoms with Crippen LogP contribution >= 0.6 is 24.0 Å². The molecule has 0 spiro atoms. The van der Waals surface area contributed by atoms with Crippen LogP contribution in [0.15, 0.2) is 41.7 Å². The summed E-state index contributed by atoms with van der Waals surface area (Å²) in [5.41, 5.74) is 7.15. The number of rotatable bonds is 4. The number of nitrogens with two attached hydrogens (primary N) is 1. The minimum absolute atomic E-state index is 0. The van der Waals surface area contributed by atoms with Crippen LogP contribution in [0.25, 0.3) is 0 Å². The Kier molecular flexibility index (Phi) is 7.81. The molecule has 0 saturated carbocycles. The Balaban J connectivity index is 0.00000240. The van der Waals surface area contributed by atoms with Crippen molar-refractivity contribution >= 4 is 41.7 Å². The number of hydrogen-bond donors (Lipinski definition) is 1. The molecule has 2 aliphatic heterocycles. The lowest BCUT2D eigenvalue weighted by atomic mass is 10.3. The van der Waals surface area contributed by atoms with E-state index in [1.165, 1.54) is 0 Å². The van der Waals surface area contributed by atoms with Crippen molar-refractivity contribution in [3.05, 3.63) is 42.4 Å². The Morgan fingerprint density at radius 1 is 0.966 bits per heavy atom. The predicted molar refractivity (Wildman–Crippen MR) is 124 cm³/mol. The van der Waals surface area contributed by atoms with Crippen LogP contribution in [0.3, 0.4) is 0 Å². The first kappa shape index (κ1) is 21.5. The quantitative estimate of drug-likeness (QED) is 0.370. The molecule has 4 rings (SSSR count). The van der Waals surface area contributed by atoms with Gasteiger partial charge in [-0.25, -0.2) is 19.9 Å². The summed E-state index contributed by atoms with van der Waals surface area (Å²) in [5, 5.41) is 0. The van der Waals surface area contributed by atoms with E-state index in [-0.39, 0.29) is 24.0 Å². The Morgan fingerprint density at radius 2 is 1.69 bits per heavy atom. The van der Waals surface area contributed by atoms with E-state index in [0.717, 1.165) is 69.9 Å². The van der Waals surface area contributed by atoms with Gasteiger partial charge in [-0.1, -0.05) is 6.07 Å². The highest BCUT2D eigenvalue weighted by Crippen LogP contribution is 2.14. The minimum Gasteiger partial charge on any atom is -0.378 e. The molecule has 2 saturated heterocycles. The molecule has 0 unspecified atom stereocenters. The summed E-state index contributed by atoms with van der Waals surface area (Å²) in [6.07, 6.45) is 3.53. The first-order valence-corrected chi connectivity index (χ1v) is 9.65. The normalized spacial score (nSPS) is 17.8. The van der Waals surface area contributed by atoms with Gasteiger partial charge in [0.15, 0.2) is 5.96 Å². The summed E-state index contributed by atoms with van der Waals surface area (Å²) in [7, 11) is 0. The third-order valence-electron chi connectivity index (χ3n) is 4.97. The summed E-state index contributed by atoms with van der Waals surface area (Å²) in [4.78, 5) is 24.4. The Bertz CT molecular complexity index is 792. The maximum absolute atomic E-state index is 6.23. The molecule has 2 aliphatic rings. The summed E-state index contributed by atoms with van der Waals surface area (Å²) in [6.45, 7) is 6.97. The van der Waals surface area contributed by atoms with Crippen LogP contribution in [0.4, 0.5) is 11.8 Å². The maximum atomic E-state index is 6.23. The van der Waals surface area contributed by atoms with Crippen LogP contribution in [0.5, 0.6) is 0 Å². The average molecular weight is 510 g/mol. The first-order valence-electron chi connectivity index (χ1n) is 9.65. The zero-order valence-corrected chi connectivity index (χ0v) is 18.7. The van der Waals surface area contributed by atoms with Gasteiger partial charge in [-0.15, -0.1) is 24.0 Å². The molecule has 2 N–H and O–H groups in total. The van der Waals surface area contributed by atoms with E-state index in [2.05, 4.69) is 29.7 Å². The first-order chi connectivity index (χ1) is 13.8. The van der Waals surface area contributed by atoms with Crippen molar-refractivity contribution in [2.45, 2.75) is 6.54 Å². The number of guanidine groups is 1. The number of piperazine rings is 1. The molecule has 0 atom stereocenters. The lowest BCUT2D eigenvalue weighted by molar-refractivity contribution is 0.122. The molecule has 0 amide bonds. The molecule has 0 aromatic carbocycles. The van der Waals surface area contributed by atoms with Gasteiger partial charge in [0, 0.05) is 51.7 Å². The molecule has 9 nitrogen and oxygen atoms in total. The second-order valence-corrected chi connectivity index (χ2v) is 6.78. The average Bonchev–Trinajstić information content (AvgIpc) is 2.79. The SMILES string of the molecule is I.NC(=NCc1cccc(N2CCOCC2)n1)N1CCN(c2ncccn2)CC1. The van der Waals surface area contributed by atoms with Gasteiger partial charge < -0.3 is 25.2 Å². The van der Waals surface area contributed by atoms with Gasteiger partial charge in [0.1, 0.15) is 5.82 Å². The molecule has 0 aliphatic carbocycles. The molecule has 156 valence electrons. The van der Waals surface area contributed by atoms with Gasteiger partial charge in [0.05, 0.1) is 25.5 Å². The highest BCUT2D eigenvalue weighted by Gasteiger charge is 2.20. The molecular formula is C19H27IN8O. The maximum Gasteiger partial charge on any atom is 0.225 e. The minimum atomic E-state index is 0. The predicted octanol–water partition coefficient (Wildman–Crippen LogP) is 0.963. The fourth-order valence-electron chi connectivity index (χ4n) is 3.38. The van der Waals surface area contributed by atoms with Crippen molar-refractivity contribution in [2.24, 2.45) is 10.7 Å². The summed E-state index contributed by atoms with van der Waals surface area (Å²) < 4.78 is 5.41. The van der Waals surface area contributed by atoms with Crippen molar-refractivity contribution < 1.29 is 4.74 Å². The molecule has 10 heteroatoms. The number of aliphatic imine (C=N–C) groups is 1. The highest BCUT2D eigenvalue weighted by atomic mass is 127. The van der Waals surface area contributed by atoms with Crippen LogP contribution < -0.4 is 15.5 Å².